The molecule has 1 aliphatic heterocycles. The van der Waals surface area contributed by atoms with E-state index >= 15 is 0 Å². The number of rotatable bonds is 8. The largest absolute Gasteiger partial charge is 0.353 e. The van der Waals surface area contributed by atoms with Crippen LogP contribution in [0.2, 0.25) is 0 Å². The summed E-state index contributed by atoms with van der Waals surface area (Å²) < 4.78 is 0. The van der Waals surface area contributed by atoms with E-state index in [9.17, 15) is 4.79 Å². The van der Waals surface area contributed by atoms with Crippen LogP contribution < -0.4 is 5.32 Å². The first kappa shape index (κ1) is 23.5. The molecule has 1 amide bonds. The fourth-order valence-electron chi connectivity index (χ4n) is 6.39. The summed E-state index contributed by atoms with van der Waals surface area (Å²) in [6, 6.07) is 11.0. The standard InChI is InChI=1S/C29H44N2O/c32-28(30-29(26-14-6-2-7-15-26)27-16-8-3-9-17-27)23-25-18-21-31(22-19-25)20-10-13-24-11-4-1-5-12-24/h1,4-5,10-13,25-27,29H,2-3,6-9,14-23H2,(H,30,32)/b13-10+. The van der Waals surface area contributed by atoms with Gasteiger partial charge in [-0.2, -0.15) is 0 Å². The first-order valence-corrected chi connectivity index (χ1v) is 13.5. The molecule has 176 valence electrons. The zero-order chi connectivity index (χ0) is 22.0. The number of carbonyl (C=O) groups is 1. The van der Waals surface area contributed by atoms with E-state index in [2.05, 4.69) is 52.7 Å². The van der Waals surface area contributed by atoms with Gasteiger partial charge in [0.15, 0.2) is 0 Å². The van der Waals surface area contributed by atoms with Crippen LogP contribution in [-0.2, 0) is 4.79 Å². The van der Waals surface area contributed by atoms with Crippen LogP contribution in [-0.4, -0.2) is 36.5 Å². The average Bonchev–Trinajstić information content (AvgIpc) is 2.85. The zero-order valence-electron chi connectivity index (χ0n) is 20.0. The lowest BCUT2D eigenvalue weighted by Gasteiger charge is -2.39. The highest BCUT2D eigenvalue weighted by Crippen LogP contribution is 2.36. The molecule has 0 aromatic heterocycles. The van der Waals surface area contributed by atoms with Gasteiger partial charge in [0.1, 0.15) is 0 Å². The van der Waals surface area contributed by atoms with Crippen LogP contribution in [0.5, 0.6) is 0 Å². The molecule has 0 radical (unpaired) electrons. The maximum Gasteiger partial charge on any atom is 0.220 e. The molecular weight excluding hydrogens is 392 g/mol. The van der Waals surface area contributed by atoms with Crippen LogP contribution in [0.15, 0.2) is 36.4 Å². The molecule has 0 atom stereocenters. The molecule has 3 nitrogen and oxygen atoms in total. The minimum Gasteiger partial charge on any atom is -0.353 e. The summed E-state index contributed by atoms with van der Waals surface area (Å²) in [7, 11) is 0. The topological polar surface area (TPSA) is 32.3 Å². The molecule has 3 heteroatoms. The lowest BCUT2D eigenvalue weighted by Crippen LogP contribution is -2.47. The molecule has 1 N–H and O–H groups in total. The van der Waals surface area contributed by atoms with E-state index in [-0.39, 0.29) is 0 Å². The third-order valence-electron chi connectivity index (χ3n) is 8.30. The number of amides is 1. The molecule has 1 saturated heterocycles. The van der Waals surface area contributed by atoms with Gasteiger partial charge < -0.3 is 5.32 Å². The van der Waals surface area contributed by atoms with Crippen molar-refractivity contribution < 1.29 is 4.79 Å². The Morgan fingerprint density at radius 2 is 1.47 bits per heavy atom. The van der Waals surface area contributed by atoms with E-state index < -0.39 is 0 Å². The summed E-state index contributed by atoms with van der Waals surface area (Å²) in [5, 5.41) is 3.60. The number of piperidine rings is 1. The van der Waals surface area contributed by atoms with E-state index in [4.69, 9.17) is 0 Å². The molecule has 32 heavy (non-hydrogen) atoms. The van der Waals surface area contributed by atoms with Crippen molar-refractivity contribution in [2.24, 2.45) is 17.8 Å². The van der Waals surface area contributed by atoms with Crippen LogP contribution in [0.4, 0.5) is 0 Å². The van der Waals surface area contributed by atoms with Gasteiger partial charge in [0.25, 0.3) is 0 Å². The van der Waals surface area contributed by atoms with Crippen LogP contribution in [0.3, 0.4) is 0 Å². The maximum absolute atomic E-state index is 13.1. The molecule has 1 heterocycles. The van der Waals surface area contributed by atoms with E-state index in [1.807, 2.05) is 0 Å². The number of likely N-dealkylation sites (tertiary alicyclic amines) is 1. The van der Waals surface area contributed by atoms with Crippen molar-refractivity contribution in [2.75, 3.05) is 19.6 Å². The Kier molecular flexibility index (Phi) is 9.26. The van der Waals surface area contributed by atoms with Crippen molar-refractivity contribution in [2.45, 2.75) is 89.5 Å². The summed E-state index contributed by atoms with van der Waals surface area (Å²) >= 11 is 0. The van der Waals surface area contributed by atoms with Crippen molar-refractivity contribution in [3.8, 4) is 0 Å². The molecule has 3 aliphatic rings. The van der Waals surface area contributed by atoms with Crippen molar-refractivity contribution in [1.29, 1.82) is 0 Å². The Morgan fingerprint density at radius 3 is 2.06 bits per heavy atom. The second-order valence-corrected chi connectivity index (χ2v) is 10.7. The lowest BCUT2D eigenvalue weighted by atomic mass is 9.73. The second kappa shape index (κ2) is 12.6. The maximum atomic E-state index is 13.1. The third-order valence-corrected chi connectivity index (χ3v) is 8.30. The molecular formula is C29H44N2O. The first-order valence-electron chi connectivity index (χ1n) is 13.5. The van der Waals surface area contributed by atoms with Gasteiger partial charge in [-0.1, -0.05) is 81.0 Å². The molecule has 0 unspecified atom stereocenters. The van der Waals surface area contributed by atoms with Gasteiger partial charge in [-0.15, -0.1) is 0 Å². The van der Waals surface area contributed by atoms with Gasteiger partial charge in [0.05, 0.1) is 0 Å². The van der Waals surface area contributed by atoms with Crippen LogP contribution in [0.1, 0.15) is 89.0 Å². The van der Waals surface area contributed by atoms with E-state index in [1.165, 1.54) is 69.8 Å². The van der Waals surface area contributed by atoms with E-state index in [0.29, 0.717) is 17.9 Å². The van der Waals surface area contributed by atoms with Crippen molar-refractivity contribution in [1.82, 2.24) is 10.2 Å². The van der Waals surface area contributed by atoms with Crippen molar-refractivity contribution in [3.63, 3.8) is 0 Å². The number of hydrogen-bond acceptors (Lipinski definition) is 2. The molecule has 4 rings (SSSR count). The van der Waals surface area contributed by atoms with Gasteiger partial charge in [-0.05, 0) is 74.9 Å². The van der Waals surface area contributed by atoms with E-state index in [1.54, 1.807) is 0 Å². The summed E-state index contributed by atoms with van der Waals surface area (Å²) in [6.07, 6.45) is 21.1. The SMILES string of the molecule is O=C(CC1CCN(C/C=C/c2ccccc2)CC1)NC(C1CCCCC1)C1CCCCC1. The van der Waals surface area contributed by atoms with Crippen LogP contribution in [0, 0.1) is 17.8 Å². The second-order valence-electron chi connectivity index (χ2n) is 10.7. The molecule has 1 aromatic rings. The van der Waals surface area contributed by atoms with E-state index in [0.717, 1.165) is 50.7 Å². The molecule has 1 aromatic carbocycles. The normalized spacial score (nSPS) is 22.5. The highest BCUT2D eigenvalue weighted by atomic mass is 16.1. The molecule has 2 saturated carbocycles. The molecule has 2 aliphatic carbocycles. The monoisotopic (exact) mass is 436 g/mol. The average molecular weight is 437 g/mol. The molecule has 3 fully saturated rings. The highest BCUT2D eigenvalue weighted by Gasteiger charge is 2.33. The van der Waals surface area contributed by atoms with Gasteiger partial charge in [-0.3, -0.25) is 9.69 Å². The lowest BCUT2D eigenvalue weighted by molar-refractivity contribution is -0.124. The third kappa shape index (κ3) is 7.20. The Labute approximate surface area is 196 Å². The number of nitrogens with one attached hydrogen (secondary N) is 1. The van der Waals surface area contributed by atoms with Crippen LogP contribution in [0.25, 0.3) is 6.08 Å². The number of carbonyl (C=O) groups excluding carboxylic acids is 1. The Morgan fingerprint density at radius 1 is 0.875 bits per heavy atom. The fourth-order valence-corrected chi connectivity index (χ4v) is 6.39. The van der Waals surface area contributed by atoms with Gasteiger partial charge in [0.2, 0.25) is 5.91 Å². The Hall–Kier alpha value is -1.61. The highest BCUT2D eigenvalue weighted by molar-refractivity contribution is 5.76. The quantitative estimate of drug-likeness (QED) is 0.508. The summed E-state index contributed by atoms with van der Waals surface area (Å²) in [5.74, 6) is 2.36. The minimum absolute atomic E-state index is 0.341. The number of nitrogens with zero attached hydrogens (tertiary/aromatic N) is 1. The van der Waals surface area contributed by atoms with Gasteiger partial charge >= 0.3 is 0 Å². The van der Waals surface area contributed by atoms with Gasteiger partial charge in [0, 0.05) is 19.0 Å². The predicted octanol–water partition coefficient (Wildman–Crippen LogP) is 6.45. The Bertz CT molecular complexity index is 677. The zero-order valence-corrected chi connectivity index (χ0v) is 20.0. The van der Waals surface area contributed by atoms with Gasteiger partial charge in [-0.25, -0.2) is 0 Å². The summed E-state index contributed by atoms with van der Waals surface area (Å²) in [5.41, 5.74) is 1.27. The number of benzene rings is 1. The smallest absolute Gasteiger partial charge is 0.220 e. The summed E-state index contributed by atoms with van der Waals surface area (Å²) in [4.78, 5) is 15.6. The van der Waals surface area contributed by atoms with Crippen molar-refractivity contribution in [3.05, 3.63) is 42.0 Å². The molecule has 0 bridgehead atoms. The minimum atomic E-state index is 0.341. The fraction of sp³-hybridized carbons (Fsp3) is 0.690. The van der Waals surface area contributed by atoms with Crippen LogP contribution >= 0.6 is 0 Å². The first-order chi connectivity index (χ1) is 15.8. The van der Waals surface area contributed by atoms with Crippen molar-refractivity contribution >= 4 is 12.0 Å². The Balaban J connectivity index is 1.21. The predicted molar refractivity (Wildman–Crippen MR) is 134 cm³/mol. The summed E-state index contributed by atoms with van der Waals surface area (Å²) in [6.45, 7) is 3.25. The molecule has 0 spiro atoms. The number of hydrogen-bond donors (Lipinski definition) is 1.